The summed E-state index contributed by atoms with van der Waals surface area (Å²) in [5.74, 6) is 0.234. The van der Waals surface area contributed by atoms with E-state index < -0.39 is 10.0 Å². The summed E-state index contributed by atoms with van der Waals surface area (Å²) in [5.41, 5.74) is 6.84. The Morgan fingerprint density at radius 1 is 1.50 bits per heavy atom. The van der Waals surface area contributed by atoms with Crippen LogP contribution in [0.1, 0.15) is 24.0 Å². The second-order valence-electron chi connectivity index (χ2n) is 5.20. The lowest BCUT2D eigenvalue weighted by Gasteiger charge is -2.31. The van der Waals surface area contributed by atoms with E-state index in [-0.39, 0.29) is 10.8 Å². The topological polar surface area (TPSA) is 87.2 Å². The van der Waals surface area contributed by atoms with Crippen molar-refractivity contribution in [1.29, 1.82) is 5.26 Å². The van der Waals surface area contributed by atoms with Crippen LogP contribution in [0.2, 0.25) is 0 Å². The first-order valence-electron chi connectivity index (χ1n) is 6.70. The van der Waals surface area contributed by atoms with Crippen molar-refractivity contribution in [3.8, 4) is 6.07 Å². The molecule has 0 radical (unpaired) electrons. The molecule has 1 saturated heterocycles. The van der Waals surface area contributed by atoms with E-state index in [2.05, 4.69) is 0 Å². The van der Waals surface area contributed by atoms with E-state index in [9.17, 15) is 8.42 Å². The highest BCUT2D eigenvalue weighted by Gasteiger charge is 2.29. The zero-order valence-corrected chi connectivity index (χ0v) is 12.4. The number of hydrogen-bond acceptors (Lipinski definition) is 4. The molecule has 0 amide bonds. The molecule has 0 saturated carbocycles. The molecule has 1 aliphatic heterocycles. The Balaban J connectivity index is 2.31. The molecule has 1 unspecified atom stereocenters. The molecule has 0 aromatic heterocycles. The fourth-order valence-corrected chi connectivity index (χ4v) is 4.15. The Morgan fingerprint density at radius 3 is 2.85 bits per heavy atom. The van der Waals surface area contributed by atoms with Crippen molar-refractivity contribution < 1.29 is 8.42 Å². The average Bonchev–Trinajstić information content (AvgIpc) is 2.47. The maximum Gasteiger partial charge on any atom is 0.243 e. The Morgan fingerprint density at radius 2 is 2.25 bits per heavy atom. The van der Waals surface area contributed by atoms with Crippen LogP contribution in [0.25, 0.3) is 0 Å². The first kappa shape index (κ1) is 15.0. The van der Waals surface area contributed by atoms with Crippen molar-refractivity contribution in [2.75, 3.05) is 19.6 Å². The van der Waals surface area contributed by atoms with Crippen LogP contribution in [0, 0.1) is 24.2 Å². The summed E-state index contributed by atoms with van der Waals surface area (Å²) in [5, 5.41) is 8.90. The number of nitrogens with zero attached hydrogens (tertiary/aromatic N) is 2. The van der Waals surface area contributed by atoms with E-state index in [0.29, 0.717) is 30.8 Å². The fourth-order valence-electron chi connectivity index (χ4n) is 2.51. The minimum atomic E-state index is -3.48. The Kier molecular flexibility index (Phi) is 4.43. The molecule has 20 heavy (non-hydrogen) atoms. The highest BCUT2D eigenvalue weighted by Crippen LogP contribution is 2.24. The first-order valence-corrected chi connectivity index (χ1v) is 8.14. The van der Waals surface area contributed by atoms with E-state index in [1.54, 1.807) is 19.1 Å². The largest absolute Gasteiger partial charge is 0.330 e. The molecule has 1 fully saturated rings. The molecule has 1 heterocycles. The maximum absolute atomic E-state index is 12.6. The summed E-state index contributed by atoms with van der Waals surface area (Å²) < 4.78 is 26.7. The van der Waals surface area contributed by atoms with E-state index in [4.69, 9.17) is 11.0 Å². The average molecular weight is 293 g/mol. The van der Waals surface area contributed by atoms with Gasteiger partial charge in [-0.2, -0.15) is 9.57 Å². The van der Waals surface area contributed by atoms with E-state index in [1.807, 2.05) is 6.07 Å². The molecule has 2 rings (SSSR count). The van der Waals surface area contributed by atoms with Gasteiger partial charge < -0.3 is 5.73 Å². The van der Waals surface area contributed by atoms with Gasteiger partial charge in [-0.05, 0) is 56.0 Å². The Hall–Kier alpha value is -1.42. The lowest BCUT2D eigenvalue weighted by atomic mass is 10.0. The SMILES string of the molecule is Cc1cc(S(=O)(=O)N2CCCC(CN)C2)ccc1C#N. The molecule has 108 valence electrons. The number of benzene rings is 1. The second kappa shape index (κ2) is 5.92. The third-order valence-corrected chi connectivity index (χ3v) is 5.63. The predicted octanol–water partition coefficient (Wildman–Crippen LogP) is 1.23. The van der Waals surface area contributed by atoms with Crippen molar-refractivity contribution >= 4 is 10.0 Å². The summed E-state index contributed by atoms with van der Waals surface area (Å²) in [4.78, 5) is 0.256. The minimum absolute atomic E-state index is 0.234. The zero-order chi connectivity index (χ0) is 14.8. The smallest absolute Gasteiger partial charge is 0.243 e. The van der Waals surface area contributed by atoms with E-state index in [0.717, 1.165) is 12.8 Å². The maximum atomic E-state index is 12.6. The molecule has 0 spiro atoms. The fraction of sp³-hybridized carbons (Fsp3) is 0.500. The van der Waals surface area contributed by atoms with Crippen molar-refractivity contribution in [3.63, 3.8) is 0 Å². The Labute approximate surface area is 120 Å². The summed E-state index contributed by atoms with van der Waals surface area (Å²) in [7, 11) is -3.48. The molecule has 1 aromatic carbocycles. The molecule has 0 aliphatic carbocycles. The lowest BCUT2D eigenvalue weighted by molar-refractivity contribution is 0.271. The summed E-state index contributed by atoms with van der Waals surface area (Å²) in [6, 6.07) is 6.68. The van der Waals surface area contributed by atoms with Gasteiger partial charge in [0.2, 0.25) is 10.0 Å². The van der Waals surface area contributed by atoms with Crippen molar-refractivity contribution in [2.45, 2.75) is 24.7 Å². The van der Waals surface area contributed by atoms with Gasteiger partial charge in [0.1, 0.15) is 0 Å². The highest BCUT2D eigenvalue weighted by atomic mass is 32.2. The van der Waals surface area contributed by atoms with Crippen LogP contribution >= 0.6 is 0 Å². The van der Waals surface area contributed by atoms with Gasteiger partial charge in [-0.3, -0.25) is 0 Å². The second-order valence-corrected chi connectivity index (χ2v) is 7.13. The summed E-state index contributed by atoms with van der Waals surface area (Å²) in [6.45, 7) is 3.28. The number of nitriles is 1. The van der Waals surface area contributed by atoms with Gasteiger partial charge in [0, 0.05) is 13.1 Å². The monoisotopic (exact) mass is 293 g/mol. The zero-order valence-electron chi connectivity index (χ0n) is 11.5. The molecule has 6 heteroatoms. The molecular weight excluding hydrogens is 274 g/mol. The highest BCUT2D eigenvalue weighted by molar-refractivity contribution is 7.89. The molecule has 1 atom stereocenters. The van der Waals surface area contributed by atoms with Crippen LogP contribution in [0.3, 0.4) is 0 Å². The summed E-state index contributed by atoms with van der Waals surface area (Å²) in [6.07, 6.45) is 1.82. The number of rotatable bonds is 3. The normalized spacial score (nSPS) is 20.6. The van der Waals surface area contributed by atoms with Crippen LogP contribution in [-0.2, 0) is 10.0 Å². The number of hydrogen-bond donors (Lipinski definition) is 1. The minimum Gasteiger partial charge on any atom is -0.330 e. The molecule has 1 aromatic rings. The van der Waals surface area contributed by atoms with Crippen LogP contribution in [0.5, 0.6) is 0 Å². The van der Waals surface area contributed by atoms with Crippen molar-refractivity contribution in [2.24, 2.45) is 11.7 Å². The van der Waals surface area contributed by atoms with Crippen molar-refractivity contribution in [1.82, 2.24) is 4.31 Å². The number of aryl methyl sites for hydroxylation is 1. The van der Waals surface area contributed by atoms with Crippen LogP contribution in [-0.4, -0.2) is 32.4 Å². The molecule has 5 nitrogen and oxygen atoms in total. The van der Waals surface area contributed by atoms with Crippen molar-refractivity contribution in [3.05, 3.63) is 29.3 Å². The van der Waals surface area contributed by atoms with Gasteiger partial charge in [-0.1, -0.05) is 0 Å². The van der Waals surface area contributed by atoms with Gasteiger partial charge in [0.25, 0.3) is 0 Å². The van der Waals surface area contributed by atoms with Gasteiger partial charge in [-0.15, -0.1) is 0 Å². The molecular formula is C14H19N3O2S. The molecule has 0 bridgehead atoms. The first-order chi connectivity index (χ1) is 9.48. The third-order valence-electron chi connectivity index (χ3n) is 3.77. The van der Waals surface area contributed by atoms with Gasteiger partial charge in [0.05, 0.1) is 16.5 Å². The van der Waals surface area contributed by atoms with Gasteiger partial charge in [0.15, 0.2) is 0 Å². The molecule has 1 aliphatic rings. The molecule has 2 N–H and O–H groups in total. The number of piperidine rings is 1. The quantitative estimate of drug-likeness (QED) is 0.908. The lowest BCUT2D eigenvalue weighted by Crippen LogP contribution is -2.41. The van der Waals surface area contributed by atoms with Gasteiger partial charge >= 0.3 is 0 Å². The van der Waals surface area contributed by atoms with Crippen LogP contribution < -0.4 is 5.73 Å². The van der Waals surface area contributed by atoms with E-state index in [1.165, 1.54) is 10.4 Å². The van der Waals surface area contributed by atoms with Crippen LogP contribution in [0.15, 0.2) is 23.1 Å². The number of sulfonamides is 1. The summed E-state index contributed by atoms with van der Waals surface area (Å²) >= 11 is 0. The Bertz CT molecular complexity index is 634. The van der Waals surface area contributed by atoms with Gasteiger partial charge in [-0.25, -0.2) is 8.42 Å². The third kappa shape index (κ3) is 2.85. The number of nitrogens with two attached hydrogens (primary N) is 1. The predicted molar refractivity (Wildman–Crippen MR) is 76.4 cm³/mol. The van der Waals surface area contributed by atoms with Crippen LogP contribution in [0.4, 0.5) is 0 Å². The van der Waals surface area contributed by atoms with E-state index >= 15 is 0 Å². The standard InChI is InChI=1S/C14H19N3O2S/c1-11-7-14(5-4-13(11)9-16)20(18,19)17-6-2-3-12(8-15)10-17/h4-5,7,12H,2-3,6,8,10,15H2,1H3.